The van der Waals surface area contributed by atoms with Crippen LogP contribution in [0.15, 0.2) is 24.3 Å². The van der Waals surface area contributed by atoms with Crippen LogP contribution < -0.4 is 10.5 Å². The van der Waals surface area contributed by atoms with Gasteiger partial charge in [-0.05, 0) is 43.4 Å². The molecule has 1 rings (SSSR count). The molecular weight excluding hydrogens is 218 g/mol. The van der Waals surface area contributed by atoms with E-state index in [1.165, 1.54) is 5.56 Å². The van der Waals surface area contributed by atoms with E-state index in [4.69, 9.17) is 22.7 Å². The second kappa shape index (κ2) is 7.23. The minimum Gasteiger partial charge on any atom is -0.494 e. The van der Waals surface area contributed by atoms with Crippen LogP contribution in [0.4, 0.5) is 0 Å². The summed E-state index contributed by atoms with van der Waals surface area (Å²) in [6.07, 6.45) is 3.90. The van der Waals surface area contributed by atoms with E-state index in [1.54, 1.807) is 0 Å². The zero-order valence-corrected chi connectivity index (χ0v) is 10.6. The molecule has 0 fully saturated rings. The summed E-state index contributed by atoms with van der Waals surface area (Å²) in [4.78, 5) is 0.600. The van der Waals surface area contributed by atoms with E-state index >= 15 is 0 Å². The smallest absolute Gasteiger partial charge is 0.119 e. The fourth-order valence-electron chi connectivity index (χ4n) is 1.44. The van der Waals surface area contributed by atoms with Gasteiger partial charge in [-0.15, -0.1) is 0 Å². The van der Waals surface area contributed by atoms with Gasteiger partial charge in [-0.1, -0.05) is 31.3 Å². The van der Waals surface area contributed by atoms with Crippen molar-refractivity contribution in [2.24, 2.45) is 5.73 Å². The Morgan fingerprint density at radius 3 is 2.56 bits per heavy atom. The Kier molecular flexibility index (Phi) is 5.86. The van der Waals surface area contributed by atoms with Gasteiger partial charge in [-0.3, -0.25) is 0 Å². The first kappa shape index (κ1) is 13.0. The topological polar surface area (TPSA) is 35.2 Å². The molecule has 0 aromatic heterocycles. The number of thiocarbonyl (C=S) groups is 1. The Morgan fingerprint density at radius 1 is 1.31 bits per heavy atom. The van der Waals surface area contributed by atoms with Gasteiger partial charge in [0.25, 0.3) is 0 Å². The third-order valence-electron chi connectivity index (χ3n) is 2.28. The Bertz CT molecular complexity index is 321. The van der Waals surface area contributed by atoms with Crippen LogP contribution in [0.3, 0.4) is 0 Å². The van der Waals surface area contributed by atoms with E-state index in [0.29, 0.717) is 4.99 Å². The number of hydrogen-bond acceptors (Lipinski definition) is 2. The van der Waals surface area contributed by atoms with Crippen molar-refractivity contribution in [3.63, 3.8) is 0 Å². The maximum atomic E-state index is 5.51. The molecule has 1 aromatic carbocycles. The van der Waals surface area contributed by atoms with Crippen LogP contribution in [0.2, 0.25) is 0 Å². The molecule has 2 nitrogen and oxygen atoms in total. The fraction of sp³-hybridized carbons (Fsp3) is 0.462. The van der Waals surface area contributed by atoms with Crippen molar-refractivity contribution in [2.75, 3.05) is 6.61 Å². The van der Waals surface area contributed by atoms with Crippen molar-refractivity contribution in [1.29, 1.82) is 0 Å². The lowest BCUT2D eigenvalue weighted by atomic mass is 10.1. The molecule has 3 heteroatoms. The summed E-state index contributed by atoms with van der Waals surface area (Å²) in [6.45, 7) is 2.88. The van der Waals surface area contributed by atoms with Gasteiger partial charge in [-0.2, -0.15) is 0 Å². The van der Waals surface area contributed by atoms with Gasteiger partial charge in [0.05, 0.1) is 11.6 Å². The van der Waals surface area contributed by atoms with Crippen LogP contribution in [-0.2, 0) is 6.42 Å². The highest BCUT2D eigenvalue weighted by molar-refractivity contribution is 7.80. The SMILES string of the molecule is CCCOc1ccc(CCCC(N)=S)cc1. The molecule has 1 aromatic rings. The average Bonchev–Trinajstić information content (AvgIpc) is 2.27. The molecule has 88 valence electrons. The molecule has 0 aliphatic carbocycles. The summed E-state index contributed by atoms with van der Waals surface area (Å²) in [6, 6.07) is 8.24. The Labute approximate surface area is 103 Å². The van der Waals surface area contributed by atoms with E-state index in [9.17, 15) is 0 Å². The third kappa shape index (κ3) is 5.12. The highest BCUT2D eigenvalue weighted by Crippen LogP contribution is 2.14. The number of hydrogen-bond donors (Lipinski definition) is 1. The standard InChI is InChI=1S/C13H19NOS/c1-2-10-15-12-8-6-11(7-9-12)4-3-5-13(14)16/h6-9H,2-5,10H2,1H3,(H2,14,16). The van der Waals surface area contributed by atoms with Gasteiger partial charge in [0.15, 0.2) is 0 Å². The first-order valence-corrected chi connectivity index (χ1v) is 6.13. The number of rotatable bonds is 7. The molecule has 0 aliphatic heterocycles. The zero-order valence-electron chi connectivity index (χ0n) is 9.74. The minimum absolute atomic E-state index is 0.600. The Morgan fingerprint density at radius 2 is 2.00 bits per heavy atom. The molecule has 0 saturated heterocycles. The molecule has 0 spiro atoms. The first-order chi connectivity index (χ1) is 7.72. The van der Waals surface area contributed by atoms with Crippen LogP contribution in [0.1, 0.15) is 31.7 Å². The van der Waals surface area contributed by atoms with Gasteiger partial charge in [0.1, 0.15) is 5.75 Å². The molecule has 0 bridgehead atoms. The Hall–Kier alpha value is -1.09. The van der Waals surface area contributed by atoms with Crippen LogP contribution in [0, 0.1) is 0 Å². The lowest BCUT2D eigenvalue weighted by Crippen LogP contribution is -2.07. The maximum absolute atomic E-state index is 5.51. The van der Waals surface area contributed by atoms with Crippen LogP contribution in [0.5, 0.6) is 5.75 Å². The second-order valence-corrected chi connectivity index (χ2v) is 4.34. The van der Waals surface area contributed by atoms with Crippen molar-refractivity contribution in [3.8, 4) is 5.75 Å². The third-order valence-corrected chi connectivity index (χ3v) is 2.49. The second-order valence-electron chi connectivity index (χ2n) is 3.81. The highest BCUT2D eigenvalue weighted by Gasteiger charge is 1.96. The van der Waals surface area contributed by atoms with E-state index in [0.717, 1.165) is 38.0 Å². The molecule has 0 saturated carbocycles. The van der Waals surface area contributed by atoms with Crippen molar-refractivity contribution >= 4 is 17.2 Å². The van der Waals surface area contributed by atoms with Gasteiger partial charge >= 0.3 is 0 Å². The Balaban J connectivity index is 2.36. The van der Waals surface area contributed by atoms with Gasteiger partial charge in [0.2, 0.25) is 0 Å². The quantitative estimate of drug-likeness (QED) is 0.740. The van der Waals surface area contributed by atoms with Crippen LogP contribution >= 0.6 is 12.2 Å². The number of aryl methyl sites for hydroxylation is 1. The number of ether oxygens (including phenoxy) is 1. The molecule has 0 atom stereocenters. The van der Waals surface area contributed by atoms with Crippen molar-refractivity contribution in [3.05, 3.63) is 29.8 Å². The summed E-state index contributed by atoms with van der Waals surface area (Å²) in [5.41, 5.74) is 6.75. The van der Waals surface area contributed by atoms with Crippen molar-refractivity contribution in [1.82, 2.24) is 0 Å². The molecule has 2 N–H and O–H groups in total. The normalized spacial score (nSPS) is 10.1. The molecule has 16 heavy (non-hydrogen) atoms. The molecule has 0 aliphatic rings. The summed E-state index contributed by atoms with van der Waals surface area (Å²) in [7, 11) is 0. The van der Waals surface area contributed by atoms with Gasteiger partial charge in [0, 0.05) is 0 Å². The highest BCUT2D eigenvalue weighted by atomic mass is 32.1. The van der Waals surface area contributed by atoms with E-state index in [1.807, 2.05) is 12.1 Å². The van der Waals surface area contributed by atoms with Gasteiger partial charge in [-0.25, -0.2) is 0 Å². The molecule has 0 heterocycles. The largest absolute Gasteiger partial charge is 0.494 e. The van der Waals surface area contributed by atoms with E-state index < -0.39 is 0 Å². The predicted octanol–water partition coefficient (Wildman–Crippen LogP) is 3.08. The summed E-state index contributed by atoms with van der Waals surface area (Å²) in [5, 5.41) is 0. The van der Waals surface area contributed by atoms with E-state index in [-0.39, 0.29) is 0 Å². The van der Waals surface area contributed by atoms with Crippen molar-refractivity contribution < 1.29 is 4.74 Å². The molecule has 0 radical (unpaired) electrons. The monoisotopic (exact) mass is 237 g/mol. The molecule has 0 unspecified atom stereocenters. The lowest BCUT2D eigenvalue weighted by Gasteiger charge is -2.05. The zero-order chi connectivity index (χ0) is 11.8. The molecule has 0 amide bonds. The molecular formula is C13H19NOS. The maximum Gasteiger partial charge on any atom is 0.119 e. The summed E-state index contributed by atoms with van der Waals surface area (Å²) < 4.78 is 5.51. The lowest BCUT2D eigenvalue weighted by molar-refractivity contribution is 0.317. The first-order valence-electron chi connectivity index (χ1n) is 5.72. The summed E-state index contributed by atoms with van der Waals surface area (Å²) >= 11 is 4.84. The number of nitrogens with two attached hydrogens (primary N) is 1. The van der Waals surface area contributed by atoms with Crippen molar-refractivity contribution in [2.45, 2.75) is 32.6 Å². The fourth-order valence-corrected chi connectivity index (χ4v) is 1.58. The average molecular weight is 237 g/mol. The predicted molar refractivity (Wildman–Crippen MR) is 72.0 cm³/mol. The van der Waals surface area contributed by atoms with E-state index in [2.05, 4.69) is 19.1 Å². The summed E-state index contributed by atoms with van der Waals surface area (Å²) in [5.74, 6) is 0.944. The number of benzene rings is 1. The van der Waals surface area contributed by atoms with Gasteiger partial charge < -0.3 is 10.5 Å². The van der Waals surface area contributed by atoms with Crippen LogP contribution in [-0.4, -0.2) is 11.6 Å². The van der Waals surface area contributed by atoms with Crippen LogP contribution in [0.25, 0.3) is 0 Å². The minimum atomic E-state index is 0.600.